The fraction of sp³-hybridized carbons (Fsp3) is 0.571. The van der Waals surface area contributed by atoms with Crippen LogP contribution in [0, 0.1) is 0 Å². The summed E-state index contributed by atoms with van der Waals surface area (Å²) in [4.78, 5) is 2.34. The molecule has 1 N–H and O–H groups in total. The van der Waals surface area contributed by atoms with Crippen LogP contribution in [-0.4, -0.2) is 38.9 Å². The topological polar surface area (TPSA) is 33.7 Å². The van der Waals surface area contributed by atoms with Gasteiger partial charge in [-0.05, 0) is 57.7 Å². The smallest absolute Gasteiger partial charge is 0.231 e. The van der Waals surface area contributed by atoms with Crippen molar-refractivity contribution in [3.63, 3.8) is 0 Å². The Morgan fingerprint density at radius 2 is 2.06 bits per heavy atom. The third-order valence-electron chi connectivity index (χ3n) is 3.11. The maximum atomic E-state index is 5.38. The van der Waals surface area contributed by atoms with Gasteiger partial charge in [0.2, 0.25) is 6.79 Å². The van der Waals surface area contributed by atoms with E-state index in [0.29, 0.717) is 6.79 Å². The summed E-state index contributed by atoms with van der Waals surface area (Å²) in [7, 11) is 4.15. The Labute approximate surface area is 109 Å². The molecule has 0 aromatic heterocycles. The molecule has 0 spiro atoms. The second-order valence-electron chi connectivity index (χ2n) is 4.74. The van der Waals surface area contributed by atoms with E-state index in [9.17, 15) is 0 Å². The highest BCUT2D eigenvalue weighted by molar-refractivity contribution is 5.44. The van der Waals surface area contributed by atoms with Gasteiger partial charge in [-0.1, -0.05) is 6.07 Å². The Morgan fingerprint density at radius 1 is 1.22 bits per heavy atom. The fourth-order valence-corrected chi connectivity index (χ4v) is 2.11. The van der Waals surface area contributed by atoms with E-state index < -0.39 is 0 Å². The SMILES string of the molecule is CNCCCCN(C)Cc1ccc2c(c1)OCO2. The van der Waals surface area contributed by atoms with E-state index in [1.165, 1.54) is 18.4 Å². The second-order valence-corrected chi connectivity index (χ2v) is 4.74. The van der Waals surface area contributed by atoms with Gasteiger partial charge in [0.1, 0.15) is 0 Å². The summed E-state index contributed by atoms with van der Waals surface area (Å²) in [6.45, 7) is 3.52. The molecule has 0 amide bonds. The first kappa shape index (κ1) is 13.2. The van der Waals surface area contributed by atoms with Gasteiger partial charge in [0.25, 0.3) is 0 Å². The quantitative estimate of drug-likeness (QED) is 0.749. The van der Waals surface area contributed by atoms with E-state index in [0.717, 1.165) is 31.1 Å². The molecule has 4 heteroatoms. The normalized spacial score (nSPS) is 13.3. The predicted molar refractivity (Wildman–Crippen MR) is 72.1 cm³/mol. The van der Waals surface area contributed by atoms with Crippen LogP contribution in [0.2, 0.25) is 0 Å². The molecule has 1 aromatic rings. The highest BCUT2D eigenvalue weighted by Crippen LogP contribution is 2.32. The molecule has 2 rings (SSSR count). The average molecular weight is 250 g/mol. The molecule has 0 unspecified atom stereocenters. The number of rotatable bonds is 7. The minimum Gasteiger partial charge on any atom is -0.454 e. The van der Waals surface area contributed by atoms with E-state index in [2.05, 4.69) is 29.4 Å². The molecule has 0 aliphatic carbocycles. The lowest BCUT2D eigenvalue weighted by atomic mass is 10.2. The molecule has 0 bridgehead atoms. The summed E-state index contributed by atoms with van der Waals surface area (Å²) in [5, 5.41) is 3.17. The first-order valence-electron chi connectivity index (χ1n) is 6.51. The van der Waals surface area contributed by atoms with Crippen LogP contribution in [-0.2, 0) is 6.54 Å². The monoisotopic (exact) mass is 250 g/mol. The van der Waals surface area contributed by atoms with Crippen LogP contribution in [0.5, 0.6) is 11.5 Å². The molecule has 0 saturated heterocycles. The number of hydrogen-bond acceptors (Lipinski definition) is 4. The van der Waals surface area contributed by atoms with E-state index in [1.807, 2.05) is 13.1 Å². The Hall–Kier alpha value is -1.26. The maximum Gasteiger partial charge on any atom is 0.231 e. The number of nitrogens with zero attached hydrogens (tertiary/aromatic N) is 1. The van der Waals surface area contributed by atoms with Crippen molar-refractivity contribution in [3.05, 3.63) is 23.8 Å². The van der Waals surface area contributed by atoms with Crippen LogP contribution < -0.4 is 14.8 Å². The largest absolute Gasteiger partial charge is 0.454 e. The lowest BCUT2D eigenvalue weighted by Crippen LogP contribution is -2.20. The molecule has 1 heterocycles. The lowest BCUT2D eigenvalue weighted by Gasteiger charge is -2.16. The molecule has 0 radical (unpaired) electrons. The van der Waals surface area contributed by atoms with E-state index >= 15 is 0 Å². The zero-order valence-electron chi connectivity index (χ0n) is 11.2. The average Bonchev–Trinajstić information content (AvgIpc) is 2.82. The van der Waals surface area contributed by atoms with Crippen molar-refractivity contribution >= 4 is 0 Å². The summed E-state index contributed by atoms with van der Waals surface area (Å²) in [6.07, 6.45) is 2.45. The highest BCUT2D eigenvalue weighted by atomic mass is 16.7. The molecule has 100 valence electrons. The van der Waals surface area contributed by atoms with Crippen molar-refractivity contribution in [2.24, 2.45) is 0 Å². The maximum absolute atomic E-state index is 5.38. The van der Waals surface area contributed by atoms with Gasteiger partial charge in [0.15, 0.2) is 11.5 Å². The van der Waals surface area contributed by atoms with Crippen LogP contribution in [0.4, 0.5) is 0 Å². The van der Waals surface area contributed by atoms with Crippen LogP contribution in [0.1, 0.15) is 18.4 Å². The second kappa shape index (κ2) is 6.61. The number of hydrogen-bond donors (Lipinski definition) is 1. The molecular weight excluding hydrogens is 228 g/mol. The summed E-state index contributed by atoms with van der Waals surface area (Å²) < 4.78 is 10.7. The van der Waals surface area contributed by atoms with Gasteiger partial charge in [0, 0.05) is 6.54 Å². The first-order chi connectivity index (χ1) is 8.79. The van der Waals surface area contributed by atoms with Crippen molar-refractivity contribution in [3.8, 4) is 11.5 Å². The summed E-state index contributed by atoms with van der Waals surface area (Å²) >= 11 is 0. The van der Waals surface area contributed by atoms with Crippen molar-refractivity contribution in [2.75, 3.05) is 34.0 Å². The van der Waals surface area contributed by atoms with Crippen molar-refractivity contribution in [1.82, 2.24) is 10.2 Å². The van der Waals surface area contributed by atoms with Crippen molar-refractivity contribution in [1.29, 1.82) is 0 Å². The summed E-state index contributed by atoms with van der Waals surface area (Å²) in [5.41, 5.74) is 1.27. The number of fused-ring (bicyclic) bond motifs is 1. The minimum absolute atomic E-state index is 0.346. The van der Waals surface area contributed by atoms with Crippen molar-refractivity contribution < 1.29 is 9.47 Å². The molecule has 1 aliphatic rings. The Bertz CT molecular complexity index is 382. The summed E-state index contributed by atoms with van der Waals surface area (Å²) in [6, 6.07) is 6.18. The van der Waals surface area contributed by atoms with Gasteiger partial charge in [-0.15, -0.1) is 0 Å². The predicted octanol–water partition coefficient (Wildman–Crippen LogP) is 1.85. The zero-order valence-corrected chi connectivity index (χ0v) is 11.2. The molecule has 4 nitrogen and oxygen atoms in total. The van der Waals surface area contributed by atoms with Crippen molar-refractivity contribution in [2.45, 2.75) is 19.4 Å². The van der Waals surface area contributed by atoms with Gasteiger partial charge in [-0.25, -0.2) is 0 Å². The fourth-order valence-electron chi connectivity index (χ4n) is 2.11. The standard InChI is InChI=1S/C14H22N2O2/c1-15-7-3-4-8-16(2)10-12-5-6-13-14(9-12)18-11-17-13/h5-6,9,15H,3-4,7-8,10-11H2,1-2H3. The molecule has 0 saturated carbocycles. The first-order valence-corrected chi connectivity index (χ1v) is 6.51. The van der Waals surface area contributed by atoms with Gasteiger partial charge >= 0.3 is 0 Å². The molecule has 1 aromatic carbocycles. The van der Waals surface area contributed by atoms with Gasteiger partial charge in [-0.2, -0.15) is 0 Å². The van der Waals surface area contributed by atoms with Crippen LogP contribution in [0.25, 0.3) is 0 Å². The molecule has 1 aliphatic heterocycles. The van der Waals surface area contributed by atoms with E-state index in [4.69, 9.17) is 9.47 Å². The van der Waals surface area contributed by atoms with Gasteiger partial charge in [0.05, 0.1) is 0 Å². The van der Waals surface area contributed by atoms with Gasteiger partial charge in [-0.3, -0.25) is 0 Å². The van der Waals surface area contributed by atoms with Crippen LogP contribution in [0.15, 0.2) is 18.2 Å². The Kier molecular flexibility index (Phi) is 4.84. The minimum atomic E-state index is 0.346. The molecule has 0 atom stereocenters. The van der Waals surface area contributed by atoms with Crippen LogP contribution >= 0.6 is 0 Å². The number of ether oxygens (including phenoxy) is 2. The molecular formula is C14H22N2O2. The molecule has 0 fully saturated rings. The van der Waals surface area contributed by atoms with Gasteiger partial charge < -0.3 is 19.7 Å². The number of unbranched alkanes of at least 4 members (excludes halogenated alkanes) is 1. The van der Waals surface area contributed by atoms with E-state index in [1.54, 1.807) is 0 Å². The number of benzene rings is 1. The zero-order chi connectivity index (χ0) is 12.8. The molecule has 18 heavy (non-hydrogen) atoms. The highest BCUT2D eigenvalue weighted by Gasteiger charge is 2.13. The summed E-state index contributed by atoms with van der Waals surface area (Å²) in [5.74, 6) is 1.73. The van der Waals surface area contributed by atoms with E-state index in [-0.39, 0.29) is 0 Å². The Morgan fingerprint density at radius 3 is 2.89 bits per heavy atom. The Balaban J connectivity index is 1.78. The van der Waals surface area contributed by atoms with Crippen LogP contribution in [0.3, 0.4) is 0 Å². The number of nitrogens with one attached hydrogen (secondary N) is 1. The third kappa shape index (κ3) is 3.62. The third-order valence-corrected chi connectivity index (χ3v) is 3.11. The lowest BCUT2D eigenvalue weighted by molar-refractivity contribution is 0.174.